The summed E-state index contributed by atoms with van der Waals surface area (Å²) in [5, 5.41) is 3.66. The Morgan fingerprint density at radius 3 is 2.76 bits per heavy atom. The van der Waals surface area contributed by atoms with Crippen molar-refractivity contribution < 1.29 is 4.74 Å². The fourth-order valence-corrected chi connectivity index (χ4v) is 2.72. The lowest BCUT2D eigenvalue weighted by molar-refractivity contribution is 0.0414. The maximum atomic E-state index is 5.21. The first-order chi connectivity index (χ1) is 8.00. The van der Waals surface area contributed by atoms with Crippen LogP contribution in [-0.4, -0.2) is 49.3 Å². The van der Waals surface area contributed by atoms with Crippen LogP contribution in [0.5, 0.6) is 0 Å². The molecule has 1 rings (SSSR count). The minimum atomic E-state index is 0.242. The Bertz CT molecular complexity index is 218. The molecule has 0 spiro atoms. The molecule has 2 atom stereocenters. The topological polar surface area (TPSA) is 24.5 Å². The molecule has 0 saturated carbocycles. The molecular weight excluding hydrogens is 212 g/mol. The van der Waals surface area contributed by atoms with Gasteiger partial charge in [0.25, 0.3) is 0 Å². The molecule has 1 N–H and O–H groups in total. The molecule has 0 aromatic heterocycles. The second-order valence-electron chi connectivity index (χ2n) is 6.01. The second-order valence-corrected chi connectivity index (χ2v) is 6.01. The van der Waals surface area contributed by atoms with Crippen LogP contribution < -0.4 is 5.32 Å². The Balaban J connectivity index is 2.59. The van der Waals surface area contributed by atoms with Crippen molar-refractivity contribution in [3.8, 4) is 0 Å². The van der Waals surface area contributed by atoms with Gasteiger partial charge in [-0.05, 0) is 33.6 Å². The average Bonchev–Trinajstić information content (AvgIpc) is 2.28. The molecule has 1 aliphatic rings. The highest BCUT2D eigenvalue weighted by Crippen LogP contribution is 2.22. The molecule has 1 aliphatic heterocycles. The molecule has 17 heavy (non-hydrogen) atoms. The van der Waals surface area contributed by atoms with Gasteiger partial charge in [0, 0.05) is 44.4 Å². The van der Waals surface area contributed by atoms with E-state index in [0.717, 1.165) is 26.1 Å². The second kappa shape index (κ2) is 6.72. The number of methoxy groups -OCH3 is 1. The predicted molar refractivity (Wildman–Crippen MR) is 73.4 cm³/mol. The highest BCUT2D eigenvalue weighted by atomic mass is 16.5. The molecule has 0 aliphatic carbocycles. The van der Waals surface area contributed by atoms with E-state index in [1.807, 2.05) is 0 Å². The quantitative estimate of drug-likeness (QED) is 0.773. The average molecular weight is 242 g/mol. The van der Waals surface area contributed by atoms with Crippen molar-refractivity contribution in [3.63, 3.8) is 0 Å². The van der Waals surface area contributed by atoms with Crippen molar-refractivity contribution in [3.05, 3.63) is 0 Å². The van der Waals surface area contributed by atoms with E-state index < -0.39 is 0 Å². The van der Waals surface area contributed by atoms with Crippen LogP contribution in [0.15, 0.2) is 0 Å². The third-order valence-electron chi connectivity index (χ3n) is 3.79. The SMILES string of the molecule is CCCC1CNC(C)(C)CN1C(C)CCOC. The zero-order valence-corrected chi connectivity index (χ0v) is 12.3. The van der Waals surface area contributed by atoms with Crippen LogP contribution in [0, 0.1) is 0 Å². The van der Waals surface area contributed by atoms with Gasteiger partial charge < -0.3 is 10.1 Å². The molecule has 3 nitrogen and oxygen atoms in total. The maximum Gasteiger partial charge on any atom is 0.0477 e. The number of nitrogens with zero attached hydrogens (tertiary/aromatic N) is 1. The van der Waals surface area contributed by atoms with Gasteiger partial charge in [-0.3, -0.25) is 4.90 Å². The Hall–Kier alpha value is -0.120. The maximum absolute atomic E-state index is 5.21. The lowest BCUT2D eigenvalue weighted by Crippen LogP contribution is -2.63. The summed E-state index contributed by atoms with van der Waals surface area (Å²) in [7, 11) is 1.79. The van der Waals surface area contributed by atoms with Crippen LogP contribution in [0.25, 0.3) is 0 Å². The molecule has 3 heteroatoms. The van der Waals surface area contributed by atoms with Crippen molar-refractivity contribution in [1.82, 2.24) is 10.2 Å². The summed E-state index contributed by atoms with van der Waals surface area (Å²) in [6.45, 7) is 12.3. The largest absolute Gasteiger partial charge is 0.385 e. The number of nitrogens with one attached hydrogen (secondary N) is 1. The van der Waals surface area contributed by atoms with Gasteiger partial charge in [0.2, 0.25) is 0 Å². The van der Waals surface area contributed by atoms with Crippen LogP contribution >= 0.6 is 0 Å². The van der Waals surface area contributed by atoms with Gasteiger partial charge in [0.1, 0.15) is 0 Å². The van der Waals surface area contributed by atoms with Gasteiger partial charge in [0.05, 0.1) is 0 Å². The number of piperazine rings is 1. The van der Waals surface area contributed by atoms with Crippen molar-refractivity contribution in [2.45, 2.75) is 64.6 Å². The van der Waals surface area contributed by atoms with Crippen LogP contribution in [0.4, 0.5) is 0 Å². The molecular formula is C14H30N2O. The highest BCUT2D eigenvalue weighted by Gasteiger charge is 2.34. The highest BCUT2D eigenvalue weighted by molar-refractivity contribution is 4.93. The summed E-state index contributed by atoms with van der Waals surface area (Å²) in [5.74, 6) is 0. The van der Waals surface area contributed by atoms with E-state index in [1.54, 1.807) is 7.11 Å². The van der Waals surface area contributed by atoms with Crippen molar-refractivity contribution >= 4 is 0 Å². The van der Waals surface area contributed by atoms with Gasteiger partial charge in [-0.2, -0.15) is 0 Å². The summed E-state index contributed by atoms with van der Waals surface area (Å²) < 4.78 is 5.21. The van der Waals surface area contributed by atoms with Gasteiger partial charge >= 0.3 is 0 Å². The molecule has 0 bridgehead atoms. The monoisotopic (exact) mass is 242 g/mol. The van der Waals surface area contributed by atoms with Crippen molar-refractivity contribution in [2.75, 3.05) is 26.8 Å². The van der Waals surface area contributed by atoms with E-state index in [-0.39, 0.29) is 5.54 Å². The Labute approximate surface area is 107 Å². The molecule has 1 saturated heterocycles. The van der Waals surface area contributed by atoms with E-state index in [0.29, 0.717) is 12.1 Å². The van der Waals surface area contributed by atoms with Gasteiger partial charge in [0.15, 0.2) is 0 Å². The van der Waals surface area contributed by atoms with Gasteiger partial charge in [-0.15, -0.1) is 0 Å². The first kappa shape index (κ1) is 14.9. The summed E-state index contributed by atoms with van der Waals surface area (Å²) in [4.78, 5) is 2.68. The van der Waals surface area contributed by atoms with Crippen LogP contribution in [-0.2, 0) is 4.74 Å². The number of hydrogen-bond acceptors (Lipinski definition) is 3. The van der Waals surface area contributed by atoms with E-state index in [4.69, 9.17) is 4.74 Å². The zero-order valence-electron chi connectivity index (χ0n) is 12.3. The molecule has 2 unspecified atom stereocenters. The van der Waals surface area contributed by atoms with Crippen LogP contribution in [0.3, 0.4) is 0 Å². The minimum absolute atomic E-state index is 0.242. The molecule has 0 radical (unpaired) electrons. The van der Waals surface area contributed by atoms with E-state index in [1.165, 1.54) is 12.8 Å². The number of rotatable bonds is 6. The fraction of sp³-hybridized carbons (Fsp3) is 1.00. The molecule has 0 amide bonds. The Kier molecular flexibility index (Phi) is 5.90. The van der Waals surface area contributed by atoms with E-state index in [2.05, 4.69) is 37.9 Å². The molecule has 102 valence electrons. The smallest absolute Gasteiger partial charge is 0.0477 e. The van der Waals surface area contributed by atoms with E-state index in [9.17, 15) is 0 Å². The molecule has 1 fully saturated rings. The van der Waals surface area contributed by atoms with Crippen molar-refractivity contribution in [1.29, 1.82) is 0 Å². The summed E-state index contributed by atoms with van der Waals surface area (Å²) in [5.41, 5.74) is 0.242. The Morgan fingerprint density at radius 2 is 2.18 bits per heavy atom. The van der Waals surface area contributed by atoms with Gasteiger partial charge in [-0.1, -0.05) is 13.3 Å². The molecule has 0 aromatic carbocycles. The third-order valence-corrected chi connectivity index (χ3v) is 3.79. The van der Waals surface area contributed by atoms with E-state index >= 15 is 0 Å². The first-order valence-electron chi connectivity index (χ1n) is 7.00. The van der Waals surface area contributed by atoms with Crippen LogP contribution in [0.1, 0.15) is 47.0 Å². The standard InChI is InChI=1S/C14H30N2O/c1-6-7-13-10-15-14(3,4)11-16(13)12(2)8-9-17-5/h12-13,15H,6-11H2,1-5H3. The summed E-state index contributed by atoms with van der Waals surface area (Å²) in [6.07, 6.45) is 3.69. The lowest BCUT2D eigenvalue weighted by atomic mass is 9.94. The minimum Gasteiger partial charge on any atom is -0.385 e. The number of ether oxygens (including phenoxy) is 1. The predicted octanol–water partition coefficient (Wildman–Crippen LogP) is 2.26. The van der Waals surface area contributed by atoms with Crippen LogP contribution in [0.2, 0.25) is 0 Å². The third kappa shape index (κ3) is 4.57. The molecule has 1 heterocycles. The zero-order chi connectivity index (χ0) is 12.9. The summed E-state index contributed by atoms with van der Waals surface area (Å²) >= 11 is 0. The summed E-state index contributed by atoms with van der Waals surface area (Å²) in [6, 6.07) is 1.31. The fourth-order valence-electron chi connectivity index (χ4n) is 2.72. The normalized spacial score (nSPS) is 27.0. The lowest BCUT2D eigenvalue weighted by Gasteiger charge is -2.47. The van der Waals surface area contributed by atoms with Crippen molar-refractivity contribution in [2.24, 2.45) is 0 Å². The Morgan fingerprint density at radius 1 is 1.47 bits per heavy atom. The molecule has 0 aromatic rings. The van der Waals surface area contributed by atoms with Gasteiger partial charge in [-0.25, -0.2) is 0 Å². The first-order valence-corrected chi connectivity index (χ1v) is 7.00. The number of hydrogen-bond donors (Lipinski definition) is 1.